The Hall–Kier alpha value is -2.49. The van der Waals surface area contributed by atoms with E-state index in [1.165, 1.54) is 0 Å². The first-order valence-corrected chi connectivity index (χ1v) is 6.36. The minimum Gasteiger partial charge on any atom is -0.508 e. The molecule has 20 heavy (non-hydrogen) atoms. The van der Waals surface area contributed by atoms with Gasteiger partial charge in [0.15, 0.2) is 0 Å². The minimum absolute atomic E-state index is 0.114. The van der Waals surface area contributed by atoms with E-state index in [1.54, 1.807) is 11.0 Å². The van der Waals surface area contributed by atoms with Gasteiger partial charge in [-0.15, -0.1) is 0 Å². The SMILES string of the molecule is Cc1ccc(O)c(CN(CC(=O)O)c2ccccc2)c1. The van der Waals surface area contributed by atoms with Crippen LogP contribution in [-0.4, -0.2) is 22.7 Å². The topological polar surface area (TPSA) is 60.8 Å². The van der Waals surface area contributed by atoms with Gasteiger partial charge in [-0.25, -0.2) is 0 Å². The molecule has 0 amide bonds. The number of anilines is 1. The van der Waals surface area contributed by atoms with Crippen LogP contribution >= 0.6 is 0 Å². The van der Waals surface area contributed by atoms with Crippen molar-refractivity contribution in [3.05, 3.63) is 59.7 Å². The monoisotopic (exact) mass is 271 g/mol. The molecule has 0 fully saturated rings. The van der Waals surface area contributed by atoms with Crippen LogP contribution in [0.4, 0.5) is 5.69 Å². The molecule has 2 N–H and O–H groups in total. The molecule has 2 aromatic rings. The molecule has 0 spiro atoms. The smallest absolute Gasteiger partial charge is 0.323 e. The molecule has 0 aliphatic carbocycles. The molecule has 0 aromatic heterocycles. The number of hydrogen-bond acceptors (Lipinski definition) is 3. The van der Waals surface area contributed by atoms with E-state index < -0.39 is 5.97 Å². The normalized spacial score (nSPS) is 10.2. The molecule has 0 aliphatic rings. The zero-order chi connectivity index (χ0) is 14.5. The van der Waals surface area contributed by atoms with Crippen molar-refractivity contribution in [3.8, 4) is 5.75 Å². The Kier molecular flexibility index (Phi) is 4.25. The van der Waals surface area contributed by atoms with Gasteiger partial charge in [0, 0.05) is 17.8 Å². The van der Waals surface area contributed by atoms with Gasteiger partial charge >= 0.3 is 5.97 Å². The Morgan fingerprint density at radius 3 is 2.50 bits per heavy atom. The van der Waals surface area contributed by atoms with Gasteiger partial charge in [0.25, 0.3) is 0 Å². The number of phenols is 1. The zero-order valence-corrected chi connectivity index (χ0v) is 11.3. The third-order valence-electron chi connectivity index (χ3n) is 3.04. The summed E-state index contributed by atoms with van der Waals surface area (Å²) < 4.78 is 0. The van der Waals surface area contributed by atoms with Crippen LogP contribution in [0.3, 0.4) is 0 Å². The van der Waals surface area contributed by atoms with Crippen LogP contribution in [0.5, 0.6) is 5.75 Å². The van der Waals surface area contributed by atoms with Crippen LogP contribution in [-0.2, 0) is 11.3 Å². The van der Waals surface area contributed by atoms with E-state index in [9.17, 15) is 9.90 Å². The van der Waals surface area contributed by atoms with Crippen molar-refractivity contribution in [1.29, 1.82) is 0 Å². The first kappa shape index (κ1) is 13.9. The van der Waals surface area contributed by atoms with Crippen molar-refractivity contribution in [3.63, 3.8) is 0 Å². The lowest BCUT2D eigenvalue weighted by Gasteiger charge is -2.23. The van der Waals surface area contributed by atoms with Crippen molar-refractivity contribution in [2.24, 2.45) is 0 Å². The summed E-state index contributed by atoms with van der Waals surface area (Å²) in [5.41, 5.74) is 2.56. The summed E-state index contributed by atoms with van der Waals surface area (Å²) in [6.07, 6.45) is 0. The van der Waals surface area contributed by atoms with E-state index in [0.29, 0.717) is 6.54 Å². The molecule has 0 bridgehead atoms. The van der Waals surface area contributed by atoms with E-state index in [2.05, 4.69) is 0 Å². The maximum atomic E-state index is 11.0. The van der Waals surface area contributed by atoms with E-state index >= 15 is 0 Å². The molecule has 0 aliphatic heterocycles. The number of phenolic OH excluding ortho intramolecular Hbond substituents is 1. The number of benzene rings is 2. The number of carbonyl (C=O) groups is 1. The molecule has 0 unspecified atom stereocenters. The van der Waals surface area contributed by atoms with Gasteiger partial charge in [-0.1, -0.05) is 35.9 Å². The Bertz CT molecular complexity index is 596. The van der Waals surface area contributed by atoms with Crippen molar-refractivity contribution >= 4 is 11.7 Å². The molecule has 2 rings (SSSR count). The highest BCUT2D eigenvalue weighted by Crippen LogP contribution is 2.23. The van der Waals surface area contributed by atoms with Crippen LogP contribution in [0.15, 0.2) is 48.5 Å². The summed E-state index contributed by atoms with van der Waals surface area (Å²) in [6, 6.07) is 14.6. The second-order valence-corrected chi connectivity index (χ2v) is 4.72. The molecule has 0 atom stereocenters. The molecule has 0 saturated heterocycles. The van der Waals surface area contributed by atoms with Gasteiger partial charge in [-0.05, 0) is 25.1 Å². The summed E-state index contributed by atoms with van der Waals surface area (Å²) in [5.74, 6) is -0.720. The molecule has 0 saturated carbocycles. The van der Waals surface area contributed by atoms with Crippen LogP contribution in [0.2, 0.25) is 0 Å². The average molecular weight is 271 g/mol. The third kappa shape index (κ3) is 3.51. The fraction of sp³-hybridized carbons (Fsp3) is 0.188. The van der Waals surface area contributed by atoms with Gasteiger partial charge in [-0.3, -0.25) is 4.79 Å². The highest BCUT2D eigenvalue weighted by molar-refractivity contribution is 5.73. The first-order chi connectivity index (χ1) is 9.56. The van der Waals surface area contributed by atoms with E-state index in [0.717, 1.165) is 16.8 Å². The Morgan fingerprint density at radius 1 is 1.15 bits per heavy atom. The highest BCUT2D eigenvalue weighted by Gasteiger charge is 2.13. The summed E-state index contributed by atoms with van der Waals surface area (Å²) in [4.78, 5) is 12.7. The number of aromatic hydroxyl groups is 1. The predicted octanol–water partition coefficient (Wildman–Crippen LogP) is 2.79. The Balaban J connectivity index is 2.28. The maximum absolute atomic E-state index is 11.0. The molecule has 104 valence electrons. The number of rotatable bonds is 5. The molecule has 4 nitrogen and oxygen atoms in total. The standard InChI is InChI=1S/C16H17NO3/c1-12-7-8-15(18)13(9-12)10-17(11-16(19)20)14-5-3-2-4-6-14/h2-9,18H,10-11H2,1H3,(H,19,20). The first-order valence-electron chi connectivity index (χ1n) is 6.36. The van der Waals surface area contributed by atoms with Gasteiger partial charge in [-0.2, -0.15) is 0 Å². The average Bonchev–Trinajstić information content (AvgIpc) is 2.42. The fourth-order valence-electron chi connectivity index (χ4n) is 2.09. The summed E-state index contributed by atoms with van der Waals surface area (Å²) in [6.45, 7) is 2.17. The Morgan fingerprint density at radius 2 is 1.85 bits per heavy atom. The molecular weight excluding hydrogens is 254 g/mol. The Labute approximate surface area is 117 Å². The number of aryl methyl sites for hydroxylation is 1. The zero-order valence-electron chi connectivity index (χ0n) is 11.3. The van der Waals surface area contributed by atoms with Gasteiger partial charge in [0.05, 0.1) is 0 Å². The van der Waals surface area contributed by atoms with Crippen molar-refractivity contribution in [2.45, 2.75) is 13.5 Å². The number of para-hydroxylation sites is 1. The van der Waals surface area contributed by atoms with Crippen molar-refractivity contribution in [2.75, 3.05) is 11.4 Å². The van der Waals surface area contributed by atoms with Crippen LogP contribution in [0.25, 0.3) is 0 Å². The van der Waals surface area contributed by atoms with Crippen LogP contribution in [0, 0.1) is 6.92 Å². The second-order valence-electron chi connectivity index (χ2n) is 4.72. The third-order valence-corrected chi connectivity index (χ3v) is 3.04. The summed E-state index contributed by atoms with van der Waals surface area (Å²) in [5, 5.41) is 18.9. The van der Waals surface area contributed by atoms with Gasteiger partial charge < -0.3 is 15.1 Å². The molecule has 4 heteroatoms. The fourth-order valence-corrected chi connectivity index (χ4v) is 2.09. The summed E-state index contributed by atoms with van der Waals surface area (Å²) in [7, 11) is 0. The molecule has 0 radical (unpaired) electrons. The van der Waals surface area contributed by atoms with E-state index in [1.807, 2.05) is 49.4 Å². The van der Waals surface area contributed by atoms with Gasteiger partial charge in [0.2, 0.25) is 0 Å². The molecule has 0 heterocycles. The number of nitrogens with zero attached hydrogens (tertiary/aromatic N) is 1. The number of carboxylic acid groups (broad SMARTS) is 1. The number of hydrogen-bond donors (Lipinski definition) is 2. The number of aliphatic carboxylic acids is 1. The van der Waals surface area contributed by atoms with Crippen LogP contribution < -0.4 is 4.90 Å². The predicted molar refractivity (Wildman–Crippen MR) is 78.0 cm³/mol. The number of carboxylic acids is 1. The quantitative estimate of drug-likeness (QED) is 0.878. The maximum Gasteiger partial charge on any atom is 0.323 e. The van der Waals surface area contributed by atoms with Crippen LogP contribution in [0.1, 0.15) is 11.1 Å². The second kappa shape index (κ2) is 6.10. The lowest BCUT2D eigenvalue weighted by atomic mass is 10.1. The minimum atomic E-state index is -0.902. The van der Waals surface area contributed by atoms with E-state index in [4.69, 9.17) is 5.11 Å². The lowest BCUT2D eigenvalue weighted by Crippen LogP contribution is -2.29. The molecule has 2 aromatic carbocycles. The summed E-state index contributed by atoms with van der Waals surface area (Å²) >= 11 is 0. The van der Waals surface area contributed by atoms with Gasteiger partial charge in [0.1, 0.15) is 12.3 Å². The highest BCUT2D eigenvalue weighted by atomic mass is 16.4. The molecular formula is C16H17NO3. The van der Waals surface area contributed by atoms with Crippen molar-refractivity contribution in [1.82, 2.24) is 0 Å². The largest absolute Gasteiger partial charge is 0.508 e. The lowest BCUT2D eigenvalue weighted by molar-refractivity contribution is -0.135. The van der Waals surface area contributed by atoms with E-state index in [-0.39, 0.29) is 12.3 Å². The van der Waals surface area contributed by atoms with Crippen molar-refractivity contribution < 1.29 is 15.0 Å².